The number of carbonyl (C=O) groups is 1. The number of aromatic nitrogens is 5. The van der Waals surface area contributed by atoms with Gasteiger partial charge in [0.1, 0.15) is 5.75 Å². The van der Waals surface area contributed by atoms with E-state index in [4.69, 9.17) is 15.1 Å². The van der Waals surface area contributed by atoms with Gasteiger partial charge < -0.3 is 10.5 Å². The summed E-state index contributed by atoms with van der Waals surface area (Å²) in [6, 6.07) is 7.26. The Kier molecular flexibility index (Phi) is 7.86. The van der Waals surface area contributed by atoms with Crippen molar-refractivity contribution >= 4 is 17.9 Å². The summed E-state index contributed by atoms with van der Waals surface area (Å²) in [5.74, 6) is 0.469. The topological polar surface area (TPSA) is 150 Å². The summed E-state index contributed by atoms with van der Waals surface area (Å²) < 4.78 is 11.2. The molecule has 0 aliphatic heterocycles. The normalized spacial score (nSPS) is 11.4. The molecule has 0 bridgehead atoms. The molecule has 12 nitrogen and oxygen atoms in total. The predicted molar refractivity (Wildman–Crippen MR) is 118 cm³/mol. The molecule has 0 unspecified atom stereocenters. The van der Waals surface area contributed by atoms with Crippen LogP contribution in [0.5, 0.6) is 5.75 Å². The summed E-state index contributed by atoms with van der Waals surface area (Å²) in [6.45, 7) is 6.31. The number of nitrogens with zero attached hydrogens (tertiary/aromatic N) is 7. The van der Waals surface area contributed by atoms with Gasteiger partial charge in [0.25, 0.3) is 5.91 Å². The summed E-state index contributed by atoms with van der Waals surface area (Å²) in [6.07, 6.45) is 3.45. The molecule has 32 heavy (non-hydrogen) atoms. The minimum absolute atomic E-state index is 0.0539. The number of nitrogens with one attached hydrogen (secondary N) is 1. The maximum absolute atomic E-state index is 12.9. The number of carbonyl (C=O) groups excluding carboxylic acids is 1. The molecule has 0 spiro atoms. The molecule has 2 aromatic heterocycles. The van der Waals surface area contributed by atoms with Crippen LogP contribution in [0.15, 0.2) is 34.0 Å². The van der Waals surface area contributed by atoms with Crippen LogP contribution in [0.3, 0.4) is 0 Å². The van der Waals surface area contributed by atoms with E-state index in [1.807, 2.05) is 12.1 Å². The number of benzene rings is 1. The van der Waals surface area contributed by atoms with Crippen LogP contribution in [0.1, 0.15) is 48.4 Å². The van der Waals surface area contributed by atoms with Crippen LogP contribution in [0.4, 0.5) is 5.82 Å². The number of nitrogens with two attached hydrogens (primary N) is 1. The molecule has 12 heteroatoms. The summed E-state index contributed by atoms with van der Waals surface area (Å²) in [7, 11) is 1.60. The van der Waals surface area contributed by atoms with Crippen molar-refractivity contribution in [2.24, 2.45) is 5.10 Å². The Balaban J connectivity index is 1.83. The van der Waals surface area contributed by atoms with Crippen molar-refractivity contribution < 1.29 is 14.2 Å². The summed E-state index contributed by atoms with van der Waals surface area (Å²) in [4.78, 5) is 15.1. The van der Waals surface area contributed by atoms with Gasteiger partial charge in [-0.05, 0) is 66.1 Å². The molecule has 0 atom stereocenters. The zero-order valence-electron chi connectivity index (χ0n) is 18.4. The van der Waals surface area contributed by atoms with Crippen LogP contribution in [0.2, 0.25) is 0 Å². The molecular weight excluding hydrogens is 414 g/mol. The van der Waals surface area contributed by atoms with Gasteiger partial charge in [0.15, 0.2) is 5.69 Å². The average molecular weight is 441 g/mol. The van der Waals surface area contributed by atoms with Crippen LogP contribution in [-0.2, 0) is 6.54 Å². The van der Waals surface area contributed by atoms with Gasteiger partial charge in [0.2, 0.25) is 11.6 Å². The second kappa shape index (κ2) is 11.0. The lowest BCUT2D eigenvalue weighted by atomic mass is 10.2. The Morgan fingerprint density at radius 2 is 1.97 bits per heavy atom. The molecule has 170 valence electrons. The third-order valence-electron chi connectivity index (χ3n) is 4.62. The number of ether oxygens (including phenoxy) is 1. The van der Waals surface area contributed by atoms with Gasteiger partial charge in [-0.1, -0.05) is 19.1 Å². The Labute approximate surface area is 185 Å². The van der Waals surface area contributed by atoms with Crippen molar-refractivity contribution in [1.82, 2.24) is 35.6 Å². The second-order valence-electron chi connectivity index (χ2n) is 7.02. The zero-order valence-corrected chi connectivity index (χ0v) is 18.4. The standard InChI is InChI=1S/C20H27N9O3/c1-4-10-28(11-5-2)13-16-17(23-27-29(16)19-18(21)25-32-26-19)20(30)24-22-12-14-6-8-15(31-3)9-7-14/h6-9,12H,4-5,10-11,13H2,1-3H3,(H2,21,25)(H,24,30)/b22-12+. The molecule has 0 saturated carbocycles. The van der Waals surface area contributed by atoms with E-state index in [0.29, 0.717) is 12.2 Å². The Morgan fingerprint density at radius 3 is 2.56 bits per heavy atom. The summed E-state index contributed by atoms with van der Waals surface area (Å²) >= 11 is 0. The zero-order chi connectivity index (χ0) is 22.9. The molecule has 0 radical (unpaired) electrons. The number of anilines is 1. The Morgan fingerprint density at radius 1 is 1.25 bits per heavy atom. The molecule has 3 aromatic rings. The molecular formula is C20H27N9O3. The van der Waals surface area contributed by atoms with Crippen LogP contribution >= 0.6 is 0 Å². The smallest absolute Gasteiger partial charge is 0.293 e. The van der Waals surface area contributed by atoms with Crippen LogP contribution in [-0.4, -0.2) is 62.5 Å². The number of nitrogen functional groups attached to an aromatic ring is 1. The van der Waals surface area contributed by atoms with Crippen molar-refractivity contribution in [1.29, 1.82) is 0 Å². The molecule has 0 aliphatic rings. The van der Waals surface area contributed by atoms with Crippen molar-refractivity contribution in [3.05, 3.63) is 41.2 Å². The fraction of sp³-hybridized carbons (Fsp3) is 0.400. The number of amides is 1. The third kappa shape index (κ3) is 5.46. The molecule has 0 fully saturated rings. The molecule has 3 rings (SSSR count). The molecule has 1 aromatic carbocycles. The Bertz CT molecular complexity index is 1040. The number of hydrogen-bond donors (Lipinski definition) is 2. The van der Waals surface area contributed by atoms with E-state index >= 15 is 0 Å². The van der Waals surface area contributed by atoms with Crippen molar-refractivity contribution in [3.8, 4) is 11.6 Å². The van der Waals surface area contributed by atoms with Crippen molar-refractivity contribution in [2.45, 2.75) is 33.2 Å². The monoisotopic (exact) mass is 441 g/mol. The lowest BCUT2D eigenvalue weighted by Gasteiger charge is -2.21. The minimum atomic E-state index is -0.501. The first-order valence-corrected chi connectivity index (χ1v) is 10.3. The van der Waals surface area contributed by atoms with Crippen molar-refractivity contribution in [3.63, 3.8) is 0 Å². The first-order chi connectivity index (χ1) is 15.6. The summed E-state index contributed by atoms with van der Waals surface area (Å²) in [5, 5.41) is 19.5. The van der Waals surface area contributed by atoms with Gasteiger partial charge in [0.05, 0.1) is 19.0 Å². The highest BCUT2D eigenvalue weighted by atomic mass is 16.6. The highest BCUT2D eigenvalue weighted by molar-refractivity contribution is 5.94. The lowest BCUT2D eigenvalue weighted by Crippen LogP contribution is -2.28. The number of hydrogen-bond acceptors (Lipinski definition) is 10. The molecule has 3 N–H and O–H groups in total. The van der Waals surface area contributed by atoms with Crippen LogP contribution in [0, 0.1) is 0 Å². The van der Waals surface area contributed by atoms with E-state index < -0.39 is 5.91 Å². The number of hydrazone groups is 1. The fourth-order valence-corrected chi connectivity index (χ4v) is 3.15. The fourth-order valence-electron chi connectivity index (χ4n) is 3.15. The van der Waals surface area contributed by atoms with Gasteiger partial charge in [-0.25, -0.2) is 10.1 Å². The quantitative estimate of drug-likeness (QED) is 0.334. The van der Waals surface area contributed by atoms with Gasteiger partial charge >= 0.3 is 0 Å². The predicted octanol–water partition coefficient (Wildman–Crippen LogP) is 1.63. The van der Waals surface area contributed by atoms with Gasteiger partial charge in [-0.15, -0.1) is 5.10 Å². The SMILES string of the molecule is CCCN(CCC)Cc1c(C(=O)N/N=C/c2ccc(OC)cc2)nnn1-c1nonc1N. The van der Waals surface area contributed by atoms with E-state index in [-0.39, 0.29) is 17.3 Å². The van der Waals surface area contributed by atoms with Crippen LogP contribution < -0.4 is 15.9 Å². The van der Waals surface area contributed by atoms with Crippen LogP contribution in [0.25, 0.3) is 5.82 Å². The molecule has 1 amide bonds. The number of methoxy groups -OCH3 is 1. The van der Waals surface area contributed by atoms with E-state index in [1.165, 1.54) is 10.9 Å². The van der Waals surface area contributed by atoms with Crippen molar-refractivity contribution in [2.75, 3.05) is 25.9 Å². The average Bonchev–Trinajstić information content (AvgIpc) is 3.40. The summed E-state index contributed by atoms with van der Waals surface area (Å²) in [5.41, 5.74) is 9.78. The lowest BCUT2D eigenvalue weighted by molar-refractivity contribution is 0.0947. The molecule has 2 heterocycles. The maximum Gasteiger partial charge on any atom is 0.293 e. The highest BCUT2D eigenvalue weighted by Crippen LogP contribution is 2.18. The first kappa shape index (κ1) is 22.9. The highest BCUT2D eigenvalue weighted by Gasteiger charge is 2.25. The molecule has 0 saturated heterocycles. The first-order valence-electron chi connectivity index (χ1n) is 10.3. The van der Waals surface area contributed by atoms with Gasteiger partial charge in [0, 0.05) is 6.54 Å². The van der Waals surface area contributed by atoms with E-state index in [0.717, 1.165) is 37.2 Å². The van der Waals surface area contributed by atoms with E-state index in [1.54, 1.807) is 19.2 Å². The van der Waals surface area contributed by atoms with Gasteiger partial charge in [-0.2, -0.15) is 9.78 Å². The second-order valence-corrected chi connectivity index (χ2v) is 7.02. The van der Waals surface area contributed by atoms with Gasteiger partial charge in [-0.3, -0.25) is 9.69 Å². The Hall–Kier alpha value is -3.80. The minimum Gasteiger partial charge on any atom is -0.497 e. The molecule has 0 aliphatic carbocycles. The number of rotatable bonds is 11. The largest absolute Gasteiger partial charge is 0.497 e. The maximum atomic E-state index is 12.9. The third-order valence-corrected chi connectivity index (χ3v) is 4.62. The van der Waals surface area contributed by atoms with E-state index in [2.05, 4.69) is 49.9 Å². The van der Waals surface area contributed by atoms with E-state index in [9.17, 15) is 4.79 Å².